The van der Waals surface area contributed by atoms with Gasteiger partial charge in [-0.15, -0.1) is 0 Å². The zero-order valence-corrected chi connectivity index (χ0v) is 15.3. The van der Waals surface area contributed by atoms with Crippen molar-refractivity contribution in [3.05, 3.63) is 71.3 Å². The average Bonchev–Trinajstić information content (AvgIpc) is 2.64. The normalized spacial score (nSPS) is 13.7. The van der Waals surface area contributed by atoms with Crippen LogP contribution in [0.1, 0.15) is 22.8 Å². The van der Waals surface area contributed by atoms with Gasteiger partial charge in [0.25, 0.3) is 0 Å². The Morgan fingerprint density at radius 2 is 1.46 bits per heavy atom. The smallest absolute Gasteiger partial charge is 0.108 e. The summed E-state index contributed by atoms with van der Waals surface area (Å²) in [5.41, 5.74) is 3.26. The monoisotopic (exact) mass is 359 g/mol. The van der Waals surface area contributed by atoms with Crippen molar-refractivity contribution in [2.45, 2.75) is 19.1 Å². The molecule has 2 aromatic rings. The molecule has 0 aliphatic heterocycles. The lowest BCUT2D eigenvalue weighted by Gasteiger charge is -2.25. The maximum absolute atomic E-state index is 10.3. The number of aliphatic hydroxyl groups excluding tert-OH is 3. The standard InChI is InChI=1S/C21H29NO4/c1-17-7-9-19(10-8-17)21(18-5-3-2-4-6-18)26-16-20(25)15-22(11-13-23)12-14-24/h2-10,20-21,23-25H,11-16H2,1H3/t20-,21+/m1/s1. The molecule has 142 valence electrons. The Balaban J connectivity index is 2.04. The third-order valence-corrected chi connectivity index (χ3v) is 4.24. The number of aliphatic hydroxyl groups is 3. The maximum Gasteiger partial charge on any atom is 0.108 e. The van der Waals surface area contributed by atoms with Gasteiger partial charge in [0.2, 0.25) is 0 Å². The number of ether oxygens (including phenoxy) is 1. The summed E-state index contributed by atoms with van der Waals surface area (Å²) in [6.07, 6.45) is -0.958. The second kappa shape index (κ2) is 11.1. The molecule has 0 aliphatic carbocycles. The van der Waals surface area contributed by atoms with Gasteiger partial charge in [-0.3, -0.25) is 4.90 Å². The van der Waals surface area contributed by atoms with Gasteiger partial charge in [-0.2, -0.15) is 0 Å². The molecule has 3 N–H and O–H groups in total. The molecule has 0 unspecified atom stereocenters. The van der Waals surface area contributed by atoms with E-state index in [0.29, 0.717) is 19.6 Å². The number of rotatable bonds is 11. The molecular formula is C21H29NO4. The van der Waals surface area contributed by atoms with Gasteiger partial charge in [0.05, 0.1) is 25.9 Å². The van der Waals surface area contributed by atoms with Crippen molar-refractivity contribution in [1.29, 1.82) is 0 Å². The van der Waals surface area contributed by atoms with Crippen LogP contribution >= 0.6 is 0 Å². The molecule has 2 atom stereocenters. The van der Waals surface area contributed by atoms with Crippen LogP contribution in [0.25, 0.3) is 0 Å². The fourth-order valence-corrected chi connectivity index (χ4v) is 2.89. The zero-order chi connectivity index (χ0) is 18.8. The van der Waals surface area contributed by atoms with E-state index in [2.05, 4.69) is 12.1 Å². The fraction of sp³-hybridized carbons (Fsp3) is 0.429. The predicted octanol–water partition coefficient (Wildman–Crippen LogP) is 1.75. The molecule has 0 aliphatic rings. The minimum absolute atomic E-state index is 0.0103. The molecule has 0 spiro atoms. The van der Waals surface area contributed by atoms with Gasteiger partial charge in [-0.05, 0) is 18.1 Å². The molecular weight excluding hydrogens is 330 g/mol. The lowest BCUT2D eigenvalue weighted by atomic mass is 10.0. The molecule has 26 heavy (non-hydrogen) atoms. The van der Waals surface area contributed by atoms with Gasteiger partial charge in [0.15, 0.2) is 0 Å². The van der Waals surface area contributed by atoms with E-state index < -0.39 is 6.10 Å². The summed E-state index contributed by atoms with van der Waals surface area (Å²) in [5, 5.41) is 28.5. The Kier molecular flexibility index (Phi) is 8.74. The number of aryl methyl sites for hydroxylation is 1. The first-order valence-corrected chi connectivity index (χ1v) is 8.99. The largest absolute Gasteiger partial charge is 0.395 e. The van der Waals surface area contributed by atoms with Crippen molar-refractivity contribution >= 4 is 0 Å². The molecule has 0 amide bonds. The Bertz CT molecular complexity index is 612. The Labute approximate surface area is 155 Å². The van der Waals surface area contributed by atoms with Crippen LogP contribution in [0.3, 0.4) is 0 Å². The van der Waals surface area contributed by atoms with Crippen molar-refractivity contribution in [3.63, 3.8) is 0 Å². The molecule has 0 radical (unpaired) electrons. The minimum atomic E-state index is -0.704. The third kappa shape index (κ3) is 6.52. The van der Waals surface area contributed by atoms with Crippen LogP contribution in [0.4, 0.5) is 0 Å². The highest BCUT2D eigenvalue weighted by Gasteiger charge is 2.18. The quantitative estimate of drug-likeness (QED) is 0.570. The highest BCUT2D eigenvalue weighted by molar-refractivity contribution is 5.31. The summed E-state index contributed by atoms with van der Waals surface area (Å²) in [6.45, 7) is 3.36. The van der Waals surface area contributed by atoms with Crippen LogP contribution in [0.15, 0.2) is 54.6 Å². The van der Waals surface area contributed by atoms with E-state index >= 15 is 0 Å². The second-order valence-electron chi connectivity index (χ2n) is 6.44. The van der Waals surface area contributed by atoms with Gasteiger partial charge in [-0.1, -0.05) is 60.2 Å². The van der Waals surface area contributed by atoms with Crippen LogP contribution in [-0.2, 0) is 4.74 Å². The molecule has 0 heterocycles. The highest BCUT2D eigenvalue weighted by Crippen LogP contribution is 2.26. The van der Waals surface area contributed by atoms with Gasteiger partial charge < -0.3 is 20.1 Å². The van der Waals surface area contributed by atoms with E-state index in [-0.39, 0.29) is 25.9 Å². The van der Waals surface area contributed by atoms with Crippen molar-refractivity contribution in [2.24, 2.45) is 0 Å². The summed E-state index contributed by atoms with van der Waals surface area (Å²) in [4.78, 5) is 1.82. The number of nitrogens with zero attached hydrogens (tertiary/aromatic N) is 1. The van der Waals surface area contributed by atoms with Gasteiger partial charge in [-0.25, -0.2) is 0 Å². The third-order valence-electron chi connectivity index (χ3n) is 4.24. The zero-order valence-electron chi connectivity index (χ0n) is 15.3. The first-order chi connectivity index (χ1) is 12.6. The van der Waals surface area contributed by atoms with Crippen molar-refractivity contribution in [2.75, 3.05) is 39.5 Å². The lowest BCUT2D eigenvalue weighted by Crippen LogP contribution is -2.38. The second-order valence-corrected chi connectivity index (χ2v) is 6.44. The predicted molar refractivity (Wildman–Crippen MR) is 102 cm³/mol. The maximum atomic E-state index is 10.3. The lowest BCUT2D eigenvalue weighted by molar-refractivity contribution is -0.0117. The number of hydrogen-bond acceptors (Lipinski definition) is 5. The summed E-state index contributed by atoms with van der Waals surface area (Å²) >= 11 is 0. The Morgan fingerprint density at radius 1 is 0.885 bits per heavy atom. The van der Waals surface area contributed by atoms with E-state index in [9.17, 15) is 5.11 Å². The van der Waals surface area contributed by atoms with Crippen LogP contribution in [0.5, 0.6) is 0 Å². The molecule has 5 heteroatoms. The molecule has 0 saturated heterocycles. The van der Waals surface area contributed by atoms with Gasteiger partial charge >= 0.3 is 0 Å². The van der Waals surface area contributed by atoms with E-state index in [0.717, 1.165) is 11.1 Å². The van der Waals surface area contributed by atoms with Gasteiger partial charge in [0, 0.05) is 19.6 Å². The fourth-order valence-electron chi connectivity index (χ4n) is 2.89. The minimum Gasteiger partial charge on any atom is -0.395 e. The van der Waals surface area contributed by atoms with Crippen LogP contribution in [0.2, 0.25) is 0 Å². The van der Waals surface area contributed by atoms with Crippen molar-refractivity contribution < 1.29 is 20.1 Å². The summed E-state index contributed by atoms with van der Waals surface area (Å²) in [5.74, 6) is 0. The summed E-state index contributed by atoms with van der Waals surface area (Å²) in [7, 11) is 0. The molecule has 0 aromatic heterocycles. The van der Waals surface area contributed by atoms with Crippen LogP contribution in [0, 0.1) is 6.92 Å². The molecule has 2 rings (SSSR count). The van der Waals surface area contributed by atoms with Gasteiger partial charge in [0.1, 0.15) is 6.10 Å². The Morgan fingerprint density at radius 3 is 2.04 bits per heavy atom. The first kappa shape index (κ1) is 20.6. The van der Waals surface area contributed by atoms with E-state index in [1.807, 2.05) is 54.3 Å². The molecule has 2 aromatic carbocycles. The highest BCUT2D eigenvalue weighted by atomic mass is 16.5. The Hall–Kier alpha value is -1.76. The van der Waals surface area contributed by atoms with Crippen LogP contribution < -0.4 is 0 Å². The van der Waals surface area contributed by atoms with Crippen molar-refractivity contribution in [3.8, 4) is 0 Å². The summed E-state index contributed by atoms with van der Waals surface area (Å²) < 4.78 is 6.07. The van der Waals surface area contributed by atoms with E-state index in [1.165, 1.54) is 5.56 Å². The van der Waals surface area contributed by atoms with Crippen LogP contribution in [-0.4, -0.2) is 65.8 Å². The van der Waals surface area contributed by atoms with E-state index in [4.69, 9.17) is 14.9 Å². The SMILES string of the molecule is Cc1ccc([C@@H](OC[C@H](O)CN(CCO)CCO)c2ccccc2)cc1. The first-order valence-electron chi connectivity index (χ1n) is 8.99. The summed E-state index contributed by atoms with van der Waals surface area (Å²) in [6, 6.07) is 18.1. The van der Waals surface area contributed by atoms with Crippen molar-refractivity contribution in [1.82, 2.24) is 4.90 Å². The molecule has 0 saturated carbocycles. The topological polar surface area (TPSA) is 73.2 Å². The average molecular weight is 359 g/mol. The molecule has 0 fully saturated rings. The number of benzene rings is 2. The number of hydrogen-bond donors (Lipinski definition) is 3. The molecule has 5 nitrogen and oxygen atoms in total. The van der Waals surface area contributed by atoms with E-state index in [1.54, 1.807) is 0 Å². The molecule has 0 bridgehead atoms.